The van der Waals surface area contributed by atoms with Gasteiger partial charge in [0.25, 0.3) is 0 Å². The molecular formula is C19H16N4O2S. The average Bonchev–Trinajstić information content (AvgIpc) is 2.89. The van der Waals surface area contributed by atoms with Crippen LogP contribution in [0.25, 0.3) is 0 Å². The Kier molecular flexibility index (Phi) is 5.34. The first-order chi connectivity index (χ1) is 12.6. The number of anilines is 1. The van der Waals surface area contributed by atoms with Crippen LogP contribution in [0.4, 0.5) is 11.4 Å². The second-order valence-corrected chi connectivity index (χ2v) is 6.90. The van der Waals surface area contributed by atoms with Crippen LogP contribution in [0, 0.1) is 18.4 Å². The third-order valence-electron chi connectivity index (χ3n) is 3.77. The van der Waals surface area contributed by atoms with Gasteiger partial charge in [0.05, 0.1) is 11.4 Å². The number of amides is 2. The van der Waals surface area contributed by atoms with Crippen molar-refractivity contribution < 1.29 is 9.59 Å². The second kappa shape index (κ2) is 7.85. The minimum Gasteiger partial charge on any atom is -0.274 e. The molecule has 1 saturated heterocycles. The van der Waals surface area contributed by atoms with Gasteiger partial charge in [-0.15, -0.1) is 0 Å². The van der Waals surface area contributed by atoms with Crippen molar-refractivity contribution in [1.82, 2.24) is 5.32 Å². The highest BCUT2D eigenvalue weighted by molar-refractivity contribution is 8.15. The number of hydrogen-bond acceptors (Lipinski definition) is 5. The molecule has 1 heterocycles. The van der Waals surface area contributed by atoms with Gasteiger partial charge < -0.3 is 0 Å². The number of nitrogens with zero attached hydrogens (tertiary/aromatic N) is 3. The first kappa shape index (κ1) is 17.7. The minimum atomic E-state index is -0.619. The van der Waals surface area contributed by atoms with E-state index >= 15 is 0 Å². The quantitative estimate of drug-likeness (QED) is 0.297. The Bertz CT molecular complexity index is 905. The molecule has 0 bridgehead atoms. The molecule has 2 aromatic carbocycles. The summed E-state index contributed by atoms with van der Waals surface area (Å²) in [7, 11) is 0. The molecule has 6 nitrogen and oxygen atoms in total. The van der Waals surface area contributed by atoms with Crippen molar-refractivity contribution in [3.05, 3.63) is 60.2 Å². The molecule has 1 aliphatic rings. The largest absolute Gasteiger partial charge is 0.274 e. The zero-order chi connectivity index (χ0) is 18.5. The Morgan fingerprint density at radius 1 is 1.23 bits per heavy atom. The number of imide groups is 1. The van der Waals surface area contributed by atoms with Crippen LogP contribution < -0.4 is 10.2 Å². The number of nitriles is 1. The maximum Gasteiger partial charge on any atom is 0.247 e. The van der Waals surface area contributed by atoms with E-state index in [-0.39, 0.29) is 23.4 Å². The highest BCUT2D eigenvalue weighted by Gasteiger charge is 2.40. The zero-order valence-corrected chi connectivity index (χ0v) is 14.9. The van der Waals surface area contributed by atoms with Crippen molar-refractivity contribution in [2.24, 2.45) is 4.99 Å². The molecule has 130 valence electrons. The molecule has 2 aromatic rings. The van der Waals surface area contributed by atoms with Crippen molar-refractivity contribution in [3.63, 3.8) is 0 Å². The molecule has 26 heavy (non-hydrogen) atoms. The van der Waals surface area contributed by atoms with Gasteiger partial charge in [-0.25, -0.2) is 9.89 Å². The van der Waals surface area contributed by atoms with Crippen LogP contribution in [0.2, 0.25) is 0 Å². The summed E-state index contributed by atoms with van der Waals surface area (Å²) >= 11 is 1.09. The number of carbonyl (C=O) groups excluding carboxylic acids is 2. The molecular weight excluding hydrogens is 348 g/mol. The van der Waals surface area contributed by atoms with Crippen LogP contribution in [0.15, 0.2) is 59.6 Å². The van der Waals surface area contributed by atoms with Gasteiger partial charge in [-0.3, -0.25) is 14.9 Å². The van der Waals surface area contributed by atoms with Crippen LogP contribution in [-0.2, 0) is 9.59 Å². The number of para-hydroxylation sites is 1. The van der Waals surface area contributed by atoms with Gasteiger partial charge in [0.15, 0.2) is 11.4 Å². The molecule has 2 amide bonds. The number of hydrogen-bond donors (Lipinski definition) is 1. The number of aliphatic imine (C=N–C) groups is 1. The molecule has 1 aliphatic heterocycles. The smallest absolute Gasteiger partial charge is 0.247 e. The lowest BCUT2D eigenvalue weighted by atomic mass is 10.2. The van der Waals surface area contributed by atoms with Gasteiger partial charge in [0.2, 0.25) is 11.8 Å². The SMILES string of the molecule is Cc1cccc(N2C(=O)C[C@H](SC(=Nc3ccccc3)NC#N)C2=O)c1. The molecule has 1 atom stereocenters. The summed E-state index contributed by atoms with van der Waals surface area (Å²) < 4.78 is 0. The molecule has 0 aliphatic carbocycles. The van der Waals surface area contributed by atoms with Gasteiger partial charge in [-0.05, 0) is 36.8 Å². The number of rotatable bonds is 3. The van der Waals surface area contributed by atoms with Gasteiger partial charge in [-0.1, -0.05) is 42.1 Å². The summed E-state index contributed by atoms with van der Waals surface area (Å²) in [4.78, 5) is 30.7. The normalized spacial score (nSPS) is 17.3. The van der Waals surface area contributed by atoms with E-state index in [4.69, 9.17) is 5.26 Å². The molecule has 1 N–H and O–H groups in total. The maximum absolute atomic E-state index is 12.7. The van der Waals surface area contributed by atoms with E-state index in [1.165, 1.54) is 4.90 Å². The first-order valence-electron chi connectivity index (χ1n) is 7.97. The lowest BCUT2D eigenvalue weighted by Crippen LogP contribution is -2.32. The molecule has 0 unspecified atom stereocenters. The van der Waals surface area contributed by atoms with Crippen molar-refractivity contribution >= 4 is 40.1 Å². The summed E-state index contributed by atoms with van der Waals surface area (Å²) in [6, 6.07) is 16.4. The third-order valence-corrected chi connectivity index (χ3v) is 4.84. The summed E-state index contributed by atoms with van der Waals surface area (Å²) in [5.41, 5.74) is 2.19. The van der Waals surface area contributed by atoms with Gasteiger partial charge >= 0.3 is 0 Å². The number of amidine groups is 1. The predicted molar refractivity (Wildman–Crippen MR) is 102 cm³/mol. The minimum absolute atomic E-state index is 0.0678. The molecule has 3 rings (SSSR count). The average molecular weight is 364 g/mol. The Hall–Kier alpha value is -3.11. The van der Waals surface area contributed by atoms with Crippen molar-refractivity contribution in [3.8, 4) is 6.19 Å². The van der Waals surface area contributed by atoms with E-state index in [1.54, 1.807) is 24.3 Å². The molecule has 0 aromatic heterocycles. The fourth-order valence-corrected chi connectivity index (χ4v) is 3.58. The second-order valence-electron chi connectivity index (χ2n) is 5.71. The van der Waals surface area contributed by atoms with Crippen LogP contribution in [-0.4, -0.2) is 22.2 Å². The van der Waals surface area contributed by atoms with E-state index in [9.17, 15) is 9.59 Å². The highest BCUT2D eigenvalue weighted by Crippen LogP contribution is 2.31. The Labute approximate surface area is 155 Å². The maximum atomic E-state index is 12.7. The number of carbonyl (C=O) groups is 2. The highest BCUT2D eigenvalue weighted by atomic mass is 32.2. The number of benzene rings is 2. The first-order valence-corrected chi connectivity index (χ1v) is 8.85. The summed E-state index contributed by atoms with van der Waals surface area (Å²) in [6.45, 7) is 1.90. The molecule has 1 fully saturated rings. The lowest BCUT2D eigenvalue weighted by Gasteiger charge is -2.15. The van der Waals surface area contributed by atoms with Crippen molar-refractivity contribution in [2.45, 2.75) is 18.6 Å². The molecule has 7 heteroatoms. The van der Waals surface area contributed by atoms with Crippen molar-refractivity contribution in [2.75, 3.05) is 4.90 Å². The number of aryl methyl sites for hydroxylation is 1. The summed E-state index contributed by atoms with van der Waals surface area (Å²) in [5, 5.41) is 11.1. The van der Waals surface area contributed by atoms with Gasteiger partial charge in [-0.2, -0.15) is 5.26 Å². The van der Waals surface area contributed by atoms with Gasteiger partial charge in [0, 0.05) is 6.42 Å². The van der Waals surface area contributed by atoms with E-state index < -0.39 is 5.25 Å². The molecule has 0 spiro atoms. The monoisotopic (exact) mass is 364 g/mol. The third kappa shape index (κ3) is 3.92. The molecule has 0 saturated carbocycles. The van der Waals surface area contributed by atoms with Crippen LogP contribution in [0.3, 0.4) is 0 Å². The number of nitrogens with one attached hydrogen (secondary N) is 1. The number of thioether (sulfide) groups is 1. The van der Waals surface area contributed by atoms with E-state index in [0.29, 0.717) is 11.4 Å². The van der Waals surface area contributed by atoms with Crippen LogP contribution >= 0.6 is 11.8 Å². The topological polar surface area (TPSA) is 85.6 Å². The summed E-state index contributed by atoms with van der Waals surface area (Å²) in [5.74, 6) is -0.555. The standard InChI is InChI=1S/C19H16N4O2S/c1-13-6-5-9-15(10-13)23-17(24)11-16(18(23)25)26-19(21-12-20)22-14-7-3-2-4-8-14/h2-10,16H,11H2,1H3,(H,21,22)/t16-/m0/s1. The fraction of sp³-hybridized carbons (Fsp3) is 0.158. The van der Waals surface area contributed by atoms with Crippen LogP contribution in [0.5, 0.6) is 0 Å². The van der Waals surface area contributed by atoms with Crippen molar-refractivity contribution in [1.29, 1.82) is 5.26 Å². The Balaban J connectivity index is 1.81. The Morgan fingerprint density at radius 2 is 2.00 bits per heavy atom. The van der Waals surface area contributed by atoms with E-state index in [2.05, 4.69) is 10.3 Å². The van der Waals surface area contributed by atoms with Gasteiger partial charge in [0.1, 0.15) is 5.25 Å². The van der Waals surface area contributed by atoms with E-state index in [0.717, 1.165) is 17.3 Å². The Morgan fingerprint density at radius 3 is 2.69 bits per heavy atom. The lowest BCUT2D eigenvalue weighted by molar-refractivity contribution is -0.121. The van der Waals surface area contributed by atoms with E-state index in [1.807, 2.05) is 43.4 Å². The van der Waals surface area contributed by atoms with Crippen LogP contribution in [0.1, 0.15) is 12.0 Å². The molecule has 0 radical (unpaired) electrons. The predicted octanol–water partition coefficient (Wildman–Crippen LogP) is 3.12. The summed E-state index contributed by atoms with van der Waals surface area (Å²) in [6.07, 6.45) is 1.89. The fourth-order valence-electron chi connectivity index (χ4n) is 2.62. The zero-order valence-electron chi connectivity index (χ0n) is 14.0.